The fourth-order valence-electron chi connectivity index (χ4n) is 3.86. The van der Waals surface area contributed by atoms with Crippen LogP contribution in [0.3, 0.4) is 0 Å². The molecule has 141 valence electrons. The van der Waals surface area contributed by atoms with Gasteiger partial charge in [0.2, 0.25) is 0 Å². The molecule has 1 aromatic carbocycles. The van der Waals surface area contributed by atoms with Crippen molar-refractivity contribution in [3.63, 3.8) is 0 Å². The summed E-state index contributed by atoms with van der Waals surface area (Å²) in [6.07, 6.45) is 2.18. The van der Waals surface area contributed by atoms with Crippen LogP contribution in [0.5, 0.6) is 0 Å². The van der Waals surface area contributed by atoms with E-state index >= 15 is 0 Å². The van der Waals surface area contributed by atoms with Crippen LogP contribution in [0.1, 0.15) is 29.3 Å². The number of nitrogens with zero attached hydrogens (tertiary/aromatic N) is 4. The zero-order valence-corrected chi connectivity index (χ0v) is 14.8. The lowest BCUT2D eigenvalue weighted by Gasteiger charge is -2.22. The van der Waals surface area contributed by atoms with Gasteiger partial charge in [-0.15, -0.1) is 5.10 Å². The first-order valence-corrected chi connectivity index (χ1v) is 9.08. The van der Waals surface area contributed by atoms with Gasteiger partial charge in [0.05, 0.1) is 23.3 Å². The molecule has 1 atom stereocenters. The summed E-state index contributed by atoms with van der Waals surface area (Å²) in [4.78, 5) is 0. The van der Waals surface area contributed by atoms with E-state index in [4.69, 9.17) is 0 Å². The topological polar surface area (TPSA) is 35.1 Å². The molecule has 1 aliphatic rings. The van der Waals surface area contributed by atoms with Crippen LogP contribution in [-0.2, 0) is 19.0 Å². The Morgan fingerprint density at radius 2 is 1.89 bits per heavy atom. The summed E-state index contributed by atoms with van der Waals surface area (Å²) in [6.45, 7) is 0. The first kappa shape index (κ1) is 17.0. The van der Waals surface area contributed by atoms with E-state index in [2.05, 4.69) is 20.8 Å². The van der Waals surface area contributed by atoms with Gasteiger partial charge in [0.25, 0.3) is 0 Å². The van der Waals surface area contributed by atoms with Crippen molar-refractivity contribution in [2.75, 3.05) is 0 Å². The Balaban J connectivity index is 1.41. The smallest absolute Gasteiger partial charge is 0.320 e. The molecule has 4 aromatic rings. The lowest BCUT2D eigenvalue weighted by molar-refractivity contribution is -0.137. The number of aromatic nitrogens is 4. The second-order valence-corrected chi connectivity index (χ2v) is 7.06. The summed E-state index contributed by atoms with van der Waals surface area (Å²) in [5.41, 5.74) is 4.07. The Morgan fingerprint density at radius 1 is 1.07 bits per heavy atom. The second-order valence-electron chi connectivity index (χ2n) is 7.06. The summed E-state index contributed by atoms with van der Waals surface area (Å²) in [5.74, 6) is 0. The number of fused-ring (bicyclic) bond motifs is 3. The number of hydrogen-bond donors (Lipinski definition) is 0. The minimum Gasteiger partial charge on any atom is -0.320 e. The maximum Gasteiger partial charge on any atom is 0.416 e. The fraction of sp³-hybridized carbons (Fsp3) is 0.238. The van der Waals surface area contributed by atoms with Crippen molar-refractivity contribution < 1.29 is 13.2 Å². The molecule has 3 heterocycles. The molecule has 7 heteroatoms. The zero-order valence-electron chi connectivity index (χ0n) is 14.8. The van der Waals surface area contributed by atoms with Gasteiger partial charge in [-0.25, -0.2) is 4.68 Å². The Morgan fingerprint density at radius 3 is 2.68 bits per heavy atom. The SMILES string of the molecule is FC(F)(F)c1ccc(-c2cn(C3CCc4[c]c5ccccn5c4C3)nn2)cc1. The normalized spacial score (nSPS) is 17.0. The summed E-state index contributed by atoms with van der Waals surface area (Å²) in [7, 11) is 0. The number of benzene rings is 1. The predicted octanol–water partition coefficient (Wildman–Crippen LogP) is 4.75. The first-order chi connectivity index (χ1) is 13.5. The van der Waals surface area contributed by atoms with Crippen molar-refractivity contribution >= 4 is 5.52 Å². The summed E-state index contributed by atoms with van der Waals surface area (Å²) in [6, 6.07) is 14.7. The van der Waals surface area contributed by atoms with E-state index in [9.17, 15) is 13.2 Å². The summed E-state index contributed by atoms with van der Waals surface area (Å²) < 4.78 is 42.2. The molecule has 0 spiro atoms. The van der Waals surface area contributed by atoms with Crippen LogP contribution in [-0.4, -0.2) is 19.4 Å². The molecule has 0 amide bonds. The standard InChI is InChI=1S/C21H16F3N4/c22-21(23,24)16-7-4-14(5-8-16)19-13-28(26-25-19)18-9-6-15-11-17-3-1-2-10-27(17)20(15)12-18/h1-5,7-8,10,13,18H,6,9,12H2. The van der Waals surface area contributed by atoms with Crippen LogP contribution in [0.15, 0.2) is 54.9 Å². The molecule has 0 N–H and O–H groups in total. The molecule has 4 nitrogen and oxygen atoms in total. The largest absolute Gasteiger partial charge is 0.416 e. The number of pyridine rings is 1. The zero-order chi connectivity index (χ0) is 19.3. The summed E-state index contributed by atoms with van der Waals surface area (Å²) in [5, 5.41) is 8.43. The number of alkyl halides is 3. The van der Waals surface area contributed by atoms with Gasteiger partial charge in [0, 0.05) is 29.9 Å². The van der Waals surface area contributed by atoms with Crippen molar-refractivity contribution in [2.24, 2.45) is 0 Å². The minimum atomic E-state index is -4.34. The molecule has 0 saturated carbocycles. The van der Waals surface area contributed by atoms with Crippen molar-refractivity contribution in [1.82, 2.24) is 19.4 Å². The Kier molecular flexibility index (Phi) is 3.79. The lowest BCUT2D eigenvalue weighted by Crippen LogP contribution is -2.19. The van der Waals surface area contributed by atoms with Crippen molar-refractivity contribution in [2.45, 2.75) is 31.5 Å². The third-order valence-electron chi connectivity index (χ3n) is 5.33. The van der Waals surface area contributed by atoms with Crippen LogP contribution in [0, 0.1) is 6.07 Å². The first-order valence-electron chi connectivity index (χ1n) is 9.08. The van der Waals surface area contributed by atoms with E-state index < -0.39 is 11.7 Å². The van der Waals surface area contributed by atoms with Crippen LogP contribution in [0.2, 0.25) is 0 Å². The number of aryl methyl sites for hydroxylation is 1. The molecule has 5 rings (SSSR count). The molecular formula is C21H16F3N4. The molecule has 0 saturated heterocycles. The van der Waals surface area contributed by atoms with E-state index in [0.717, 1.165) is 36.9 Å². The van der Waals surface area contributed by atoms with Gasteiger partial charge in [-0.05, 0) is 42.7 Å². The highest BCUT2D eigenvalue weighted by molar-refractivity contribution is 5.58. The predicted molar refractivity (Wildman–Crippen MR) is 97.8 cm³/mol. The molecule has 0 aliphatic heterocycles. The van der Waals surface area contributed by atoms with Crippen LogP contribution >= 0.6 is 0 Å². The maximum absolute atomic E-state index is 12.7. The Bertz CT molecular complexity index is 1140. The van der Waals surface area contributed by atoms with E-state index in [-0.39, 0.29) is 6.04 Å². The Hall–Kier alpha value is -3.09. The van der Waals surface area contributed by atoms with Crippen molar-refractivity contribution in [1.29, 1.82) is 0 Å². The van der Waals surface area contributed by atoms with Crippen molar-refractivity contribution in [3.05, 3.63) is 77.7 Å². The monoisotopic (exact) mass is 381 g/mol. The van der Waals surface area contributed by atoms with Crippen LogP contribution in [0.25, 0.3) is 16.8 Å². The highest BCUT2D eigenvalue weighted by Gasteiger charge is 2.30. The quantitative estimate of drug-likeness (QED) is 0.502. The van der Waals surface area contributed by atoms with Crippen LogP contribution < -0.4 is 0 Å². The van der Waals surface area contributed by atoms with Gasteiger partial charge < -0.3 is 4.40 Å². The van der Waals surface area contributed by atoms with Gasteiger partial charge in [0.15, 0.2) is 0 Å². The number of rotatable bonds is 2. The third kappa shape index (κ3) is 2.87. The van der Waals surface area contributed by atoms with E-state index in [0.29, 0.717) is 11.3 Å². The second kappa shape index (κ2) is 6.22. The van der Waals surface area contributed by atoms with E-state index in [1.165, 1.54) is 23.4 Å². The fourth-order valence-corrected chi connectivity index (χ4v) is 3.86. The van der Waals surface area contributed by atoms with E-state index in [1.54, 1.807) is 0 Å². The third-order valence-corrected chi connectivity index (χ3v) is 5.33. The molecule has 1 aliphatic carbocycles. The van der Waals surface area contributed by atoms with E-state index in [1.807, 2.05) is 35.3 Å². The van der Waals surface area contributed by atoms with Gasteiger partial charge in [0.1, 0.15) is 5.69 Å². The minimum absolute atomic E-state index is 0.162. The molecule has 1 unspecified atom stereocenters. The van der Waals surface area contributed by atoms with Gasteiger partial charge in [-0.2, -0.15) is 13.2 Å². The molecule has 3 aromatic heterocycles. The van der Waals surface area contributed by atoms with Gasteiger partial charge in [-0.1, -0.05) is 23.4 Å². The van der Waals surface area contributed by atoms with Crippen molar-refractivity contribution in [3.8, 4) is 11.3 Å². The molecule has 28 heavy (non-hydrogen) atoms. The molecule has 0 fully saturated rings. The number of halogens is 3. The van der Waals surface area contributed by atoms with Crippen LogP contribution in [0.4, 0.5) is 13.2 Å². The molecule has 0 bridgehead atoms. The maximum atomic E-state index is 12.7. The average Bonchev–Trinajstić information content (AvgIpc) is 3.32. The lowest BCUT2D eigenvalue weighted by atomic mass is 9.93. The molecular weight excluding hydrogens is 365 g/mol. The molecule has 1 radical (unpaired) electrons. The van der Waals surface area contributed by atoms with Gasteiger partial charge >= 0.3 is 6.18 Å². The highest BCUT2D eigenvalue weighted by Crippen LogP contribution is 2.33. The highest BCUT2D eigenvalue weighted by atomic mass is 19.4. The number of hydrogen-bond acceptors (Lipinski definition) is 2. The Labute approximate surface area is 159 Å². The van der Waals surface area contributed by atoms with Gasteiger partial charge in [-0.3, -0.25) is 0 Å². The summed E-state index contributed by atoms with van der Waals surface area (Å²) >= 11 is 0. The average molecular weight is 381 g/mol.